The first-order chi connectivity index (χ1) is 10.9. The van der Waals surface area contributed by atoms with Crippen molar-refractivity contribution in [2.75, 3.05) is 6.61 Å². The number of nitrogens with one attached hydrogen (secondary N) is 1. The van der Waals surface area contributed by atoms with Crippen LogP contribution in [0.5, 0.6) is 0 Å². The van der Waals surface area contributed by atoms with Gasteiger partial charge in [0.05, 0.1) is 10.6 Å². The van der Waals surface area contributed by atoms with E-state index < -0.39 is 11.8 Å². The summed E-state index contributed by atoms with van der Waals surface area (Å²) >= 11 is 5.79. The summed E-state index contributed by atoms with van der Waals surface area (Å²) in [6.07, 6.45) is 3.20. The van der Waals surface area contributed by atoms with Gasteiger partial charge in [0, 0.05) is 6.04 Å². The molecule has 23 heavy (non-hydrogen) atoms. The van der Waals surface area contributed by atoms with E-state index in [1.165, 1.54) is 12.5 Å². The number of ether oxygens (including phenoxy) is 1. The molecule has 1 fully saturated rings. The minimum Gasteiger partial charge on any atom is -0.452 e. The van der Waals surface area contributed by atoms with E-state index in [1.54, 1.807) is 0 Å². The van der Waals surface area contributed by atoms with Crippen LogP contribution in [0.4, 0.5) is 4.39 Å². The van der Waals surface area contributed by atoms with E-state index in [-0.39, 0.29) is 29.1 Å². The van der Waals surface area contributed by atoms with Crippen LogP contribution >= 0.6 is 11.6 Å². The van der Waals surface area contributed by atoms with Gasteiger partial charge in [-0.2, -0.15) is 0 Å². The predicted octanol–water partition coefficient (Wildman–Crippen LogP) is 3.58. The summed E-state index contributed by atoms with van der Waals surface area (Å²) in [7, 11) is 0. The number of halogens is 2. The Labute approximate surface area is 140 Å². The van der Waals surface area contributed by atoms with Gasteiger partial charge in [0.2, 0.25) is 0 Å². The Morgan fingerprint density at radius 3 is 2.78 bits per heavy atom. The molecule has 3 atom stereocenters. The minimum absolute atomic E-state index is 0.0369. The summed E-state index contributed by atoms with van der Waals surface area (Å²) in [5, 5.41) is 2.88. The maximum Gasteiger partial charge on any atom is 0.340 e. The summed E-state index contributed by atoms with van der Waals surface area (Å²) in [4.78, 5) is 23.8. The van der Waals surface area contributed by atoms with Crippen LogP contribution in [-0.2, 0) is 9.53 Å². The van der Waals surface area contributed by atoms with Crippen LogP contribution in [0.1, 0.15) is 43.5 Å². The standard InChI is InChI=1S/C17H21ClFNO3/c1-10-4-3-5-15(11(10)2)20-16(21)9-23-17(22)13-7-6-12(19)8-14(13)18/h6-8,10-11,15H,3-5,9H2,1-2H3,(H,20,21)/t10-,11-,15-/m1/s1. The van der Waals surface area contributed by atoms with Gasteiger partial charge < -0.3 is 10.1 Å². The maximum absolute atomic E-state index is 13.0. The van der Waals surface area contributed by atoms with Crippen molar-refractivity contribution in [2.24, 2.45) is 11.8 Å². The number of amides is 1. The maximum atomic E-state index is 13.0. The molecule has 0 heterocycles. The number of benzene rings is 1. The molecule has 1 N–H and O–H groups in total. The first kappa shape index (κ1) is 17.7. The van der Waals surface area contributed by atoms with Gasteiger partial charge in [-0.3, -0.25) is 4.79 Å². The van der Waals surface area contributed by atoms with Crippen molar-refractivity contribution in [1.29, 1.82) is 0 Å². The van der Waals surface area contributed by atoms with Crippen LogP contribution in [0.15, 0.2) is 18.2 Å². The molecule has 1 aromatic carbocycles. The quantitative estimate of drug-likeness (QED) is 0.852. The molecule has 0 unspecified atom stereocenters. The monoisotopic (exact) mass is 341 g/mol. The zero-order valence-corrected chi connectivity index (χ0v) is 14.0. The summed E-state index contributed by atoms with van der Waals surface area (Å²) in [6.45, 7) is 3.93. The lowest BCUT2D eigenvalue weighted by Crippen LogP contribution is -2.45. The fourth-order valence-corrected chi connectivity index (χ4v) is 3.14. The van der Waals surface area contributed by atoms with Crippen molar-refractivity contribution in [3.8, 4) is 0 Å². The highest BCUT2D eigenvalue weighted by Crippen LogP contribution is 2.29. The second-order valence-electron chi connectivity index (χ2n) is 6.14. The first-order valence-electron chi connectivity index (χ1n) is 7.80. The highest BCUT2D eigenvalue weighted by molar-refractivity contribution is 6.33. The van der Waals surface area contributed by atoms with E-state index in [2.05, 4.69) is 19.2 Å². The third kappa shape index (κ3) is 4.67. The zero-order chi connectivity index (χ0) is 17.0. The molecular formula is C17H21ClFNO3. The van der Waals surface area contributed by atoms with Gasteiger partial charge in [0.15, 0.2) is 6.61 Å². The van der Waals surface area contributed by atoms with Gasteiger partial charge in [0.25, 0.3) is 5.91 Å². The van der Waals surface area contributed by atoms with Gasteiger partial charge >= 0.3 is 5.97 Å². The van der Waals surface area contributed by atoms with Gasteiger partial charge in [-0.15, -0.1) is 0 Å². The number of carbonyl (C=O) groups is 2. The van der Waals surface area contributed by atoms with Crippen molar-refractivity contribution in [3.05, 3.63) is 34.6 Å². The predicted molar refractivity (Wildman–Crippen MR) is 85.8 cm³/mol. The van der Waals surface area contributed by atoms with Crippen molar-refractivity contribution in [3.63, 3.8) is 0 Å². The SMILES string of the molecule is C[C@@H]1[C@H](C)CCC[C@H]1NC(=O)COC(=O)c1ccc(F)cc1Cl. The summed E-state index contributed by atoms with van der Waals surface area (Å²) in [6, 6.07) is 3.50. The van der Waals surface area contributed by atoms with Gasteiger partial charge in [-0.05, 0) is 36.5 Å². The van der Waals surface area contributed by atoms with Crippen LogP contribution < -0.4 is 5.32 Å². The van der Waals surface area contributed by atoms with Gasteiger partial charge in [-0.25, -0.2) is 9.18 Å². The third-order valence-electron chi connectivity index (χ3n) is 4.54. The van der Waals surface area contributed by atoms with Crippen LogP contribution in [0.3, 0.4) is 0 Å². The molecule has 1 amide bonds. The highest BCUT2D eigenvalue weighted by Gasteiger charge is 2.28. The first-order valence-corrected chi connectivity index (χ1v) is 8.18. The molecule has 0 bridgehead atoms. The second-order valence-corrected chi connectivity index (χ2v) is 6.55. The van der Waals surface area contributed by atoms with Crippen LogP contribution in [-0.4, -0.2) is 24.5 Å². The van der Waals surface area contributed by atoms with Gasteiger partial charge in [0.1, 0.15) is 5.82 Å². The highest BCUT2D eigenvalue weighted by atomic mass is 35.5. The van der Waals surface area contributed by atoms with E-state index in [1.807, 2.05) is 0 Å². The molecule has 1 aromatic rings. The molecule has 126 valence electrons. The molecule has 1 aliphatic carbocycles. The van der Waals surface area contributed by atoms with E-state index >= 15 is 0 Å². The third-order valence-corrected chi connectivity index (χ3v) is 4.85. The van der Waals surface area contributed by atoms with Crippen LogP contribution in [0, 0.1) is 17.7 Å². The molecule has 6 heteroatoms. The topological polar surface area (TPSA) is 55.4 Å². The van der Waals surface area contributed by atoms with E-state index in [0.717, 1.165) is 25.0 Å². The Balaban J connectivity index is 1.85. The fraction of sp³-hybridized carbons (Fsp3) is 0.529. The number of hydrogen-bond donors (Lipinski definition) is 1. The van der Waals surface area contributed by atoms with E-state index in [0.29, 0.717) is 11.8 Å². The van der Waals surface area contributed by atoms with Crippen molar-refractivity contribution in [1.82, 2.24) is 5.32 Å². The summed E-state index contributed by atoms with van der Waals surface area (Å²) in [5.41, 5.74) is 0.0422. The summed E-state index contributed by atoms with van der Waals surface area (Å²) < 4.78 is 17.9. The van der Waals surface area contributed by atoms with E-state index in [4.69, 9.17) is 16.3 Å². The molecule has 0 spiro atoms. The number of esters is 1. The number of hydrogen-bond acceptors (Lipinski definition) is 3. The molecule has 1 aliphatic rings. The van der Waals surface area contributed by atoms with E-state index in [9.17, 15) is 14.0 Å². The Morgan fingerprint density at radius 2 is 2.09 bits per heavy atom. The van der Waals surface area contributed by atoms with Crippen molar-refractivity contribution in [2.45, 2.75) is 39.2 Å². The second kappa shape index (κ2) is 7.77. The average Bonchev–Trinajstić information content (AvgIpc) is 2.49. The smallest absolute Gasteiger partial charge is 0.340 e. The lowest BCUT2D eigenvalue weighted by atomic mass is 9.78. The van der Waals surface area contributed by atoms with Crippen LogP contribution in [0.25, 0.3) is 0 Å². The molecule has 2 rings (SSSR count). The molecular weight excluding hydrogens is 321 g/mol. The van der Waals surface area contributed by atoms with Crippen molar-refractivity contribution >= 4 is 23.5 Å². The summed E-state index contributed by atoms with van der Waals surface area (Å²) in [5.74, 6) is -0.646. The number of rotatable bonds is 4. The number of carbonyl (C=O) groups excluding carboxylic acids is 2. The lowest BCUT2D eigenvalue weighted by molar-refractivity contribution is -0.125. The van der Waals surface area contributed by atoms with Crippen molar-refractivity contribution < 1.29 is 18.7 Å². The lowest BCUT2D eigenvalue weighted by Gasteiger charge is -2.34. The molecule has 0 saturated heterocycles. The molecule has 1 saturated carbocycles. The minimum atomic E-state index is -0.741. The average molecular weight is 342 g/mol. The Hall–Kier alpha value is -1.62. The van der Waals surface area contributed by atoms with Crippen LogP contribution in [0.2, 0.25) is 5.02 Å². The Morgan fingerprint density at radius 1 is 1.35 bits per heavy atom. The molecule has 0 aromatic heterocycles. The molecule has 0 radical (unpaired) electrons. The largest absolute Gasteiger partial charge is 0.452 e. The van der Waals surface area contributed by atoms with Gasteiger partial charge in [-0.1, -0.05) is 38.3 Å². The zero-order valence-electron chi connectivity index (χ0n) is 13.3. The Bertz CT molecular complexity index is 593. The molecule has 4 nitrogen and oxygen atoms in total. The Kier molecular flexibility index (Phi) is 5.99. The normalized spacial score (nSPS) is 24.1. The fourth-order valence-electron chi connectivity index (χ4n) is 2.90. The molecule has 0 aliphatic heterocycles.